The molecule has 11 rings (SSSR count). The van der Waals surface area contributed by atoms with Crippen molar-refractivity contribution < 1.29 is 4.79 Å². The van der Waals surface area contributed by atoms with Crippen molar-refractivity contribution in [3.05, 3.63) is 203 Å². The molecule has 0 atom stereocenters. The summed E-state index contributed by atoms with van der Waals surface area (Å²) in [6.07, 6.45) is 0. The van der Waals surface area contributed by atoms with Gasteiger partial charge in [-0.05, 0) is 105 Å². The molecule has 9 aromatic rings. The zero-order valence-corrected chi connectivity index (χ0v) is 32.1. The summed E-state index contributed by atoms with van der Waals surface area (Å²) in [7, 11) is 0. The molecule has 2 aliphatic carbocycles. The highest BCUT2D eigenvalue weighted by molar-refractivity contribution is 6.26. The highest BCUT2D eigenvalue weighted by Gasteiger charge is 2.42. The maximum Gasteiger partial charge on any atom is 0.193 e. The minimum atomic E-state index is -0.185. The lowest BCUT2D eigenvalue weighted by Crippen LogP contribution is -2.15. The predicted molar refractivity (Wildman–Crippen MR) is 235 cm³/mol. The number of benzene rings is 9. The molecule has 0 N–H and O–H groups in total. The van der Waals surface area contributed by atoms with Gasteiger partial charge in [0.05, 0.1) is 0 Å². The number of fused-ring (bicyclic) bond motifs is 11. The van der Waals surface area contributed by atoms with E-state index in [9.17, 15) is 4.79 Å². The van der Waals surface area contributed by atoms with E-state index in [1.54, 1.807) is 0 Å². The molecule has 0 aliphatic heterocycles. The Balaban J connectivity index is 1.24. The van der Waals surface area contributed by atoms with E-state index in [1.165, 1.54) is 93.5 Å². The van der Waals surface area contributed by atoms with E-state index >= 15 is 0 Å². The van der Waals surface area contributed by atoms with Gasteiger partial charge in [0, 0.05) is 22.0 Å². The van der Waals surface area contributed by atoms with Gasteiger partial charge >= 0.3 is 0 Å². The van der Waals surface area contributed by atoms with E-state index < -0.39 is 0 Å². The van der Waals surface area contributed by atoms with Crippen molar-refractivity contribution in [2.24, 2.45) is 0 Å². The van der Waals surface area contributed by atoms with E-state index in [0.29, 0.717) is 11.1 Å². The summed E-state index contributed by atoms with van der Waals surface area (Å²) in [6, 6.07) is 61.1. The van der Waals surface area contributed by atoms with Crippen molar-refractivity contribution in [3.8, 4) is 44.5 Å². The molecule has 9 aromatic carbocycles. The molecule has 0 heterocycles. The molecule has 0 fully saturated rings. The second kappa shape index (κ2) is 11.7. The topological polar surface area (TPSA) is 17.1 Å². The predicted octanol–water partition coefficient (Wildman–Crippen LogP) is 14.3. The van der Waals surface area contributed by atoms with Crippen LogP contribution < -0.4 is 0 Å². The second-order valence-electron chi connectivity index (χ2n) is 16.7. The van der Waals surface area contributed by atoms with Crippen molar-refractivity contribution in [2.45, 2.75) is 38.5 Å². The van der Waals surface area contributed by atoms with E-state index in [2.05, 4.69) is 155 Å². The highest BCUT2D eigenvalue weighted by atomic mass is 16.1. The first-order chi connectivity index (χ1) is 27.2. The number of carbonyl (C=O) groups excluding carboxylic acids is 1. The lowest BCUT2D eigenvalue weighted by atomic mass is 9.77. The normalized spacial score (nSPS) is 14.4. The van der Waals surface area contributed by atoms with Crippen LogP contribution in [0, 0.1) is 0 Å². The van der Waals surface area contributed by atoms with E-state index in [1.807, 2.05) is 42.5 Å². The molecule has 266 valence electrons. The largest absolute Gasteiger partial charge is 0.289 e. The smallest absolute Gasteiger partial charge is 0.193 e. The molecule has 0 radical (unpaired) electrons. The van der Waals surface area contributed by atoms with Crippen LogP contribution in [0.15, 0.2) is 170 Å². The van der Waals surface area contributed by atoms with Crippen LogP contribution in [0.4, 0.5) is 0 Å². The minimum Gasteiger partial charge on any atom is -0.289 e. The zero-order chi connectivity index (χ0) is 37.9. The molecular formula is C55H40O. The quantitative estimate of drug-likeness (QED) is 0.131. The number of hydrogen-bond acceptors (Lipinski definition) is 1. The van der Waals surface area contributed by atoms with Crippen LogP contribution in [0.5, 0.6) is 0 Å². The fourth-order valence-corrected chi connectivity index (χ4v) is 10.4. The Labute approximate surface area is 327 Å². The minimum absolute atomic E-state index is 0.0354. The molecule has 0 amide bonds. The Kier molecular flexibility index (Phi) is 6.87. The third-order valence-corrected chi connectivity index (χ3v) is 13.1. The van der Waals surface area contributed by atoms with Crippen LogP contribution >= 0.6 is 0 Å². The lowest BCUT2D eigenvalue weighted by molar-refractivity contribution is 0.103. The average molecular weight is 717 g/mol. The summed E-state index contributed by atoms with van der Waals surface area (Å²) in [6.45, 7) is 9.57. The monoisotopic (exact) mass is 716 g/mol. The van der Waals surface area contributed by atoms with E-state index in [0.717, 1.165) is 5.56 Å². The molecule has 0 aromatic heterocycles. The highest BCUT2D eigenvalue weighted by Crippen LogP contribution is 2.59. The first kappa shape index (κ1) is 32.8. The first-order valence-corrected chi connectivity index (χ1v) is 19.7. The van der Waals surface area contributed by atoms with Crippen LogP contribution in [-0.2, 0) is 10.8 Å². The Morgan fingerprint density at radius 3 is 1.41 bits per heavy atom. The van der Waals surface area contributed by atoms with E-state index in [-0.39, 0.29) is 16.6 Å². The Morgan fingerprint density at radius 1 is 0.357 bits per heavy atom. The van der Waals surface area contributed by atoms with Crippen molar-refractivity contribution in [1.29, 1.82) is 0 Å². The van der Waals surface area contributed by atoms with Crippen molar-refractivity contribution in [1.82, 2.24) is 0 Å². The van der Waals surface area contributed by atoms with Gasteiger partial charge in [0.15, 0.2) is 5.78 Å². The summed E-state index contributed by atoms with van der Waals surface area (Å²) in [5.41, 5.74) is 16.9. The molecule has 56 heavy (non-hydrogen) atoms. The van der Waals surface area contributed by atoms with Crippen LogP contribution in [0.2, 0.25) is 0 Å². The standard InChI is InChI=1S/C55H40O/c1-54(2)44-24-14-12-22-41(44)50-46(54)31-30-40-43(32-47-51(52(40)50)42-23-13-15-25-45(42)55(47,3)4)49-38-20-10-8-18-36(38)48(37-19-9-11-21-39(37)49)33-26-28-35(29-27-33)53(56)34-16-6-5-7-17-34/h5-32H,1-4H3. The summed E-state index contributed by atoms with van der Waals surface area (Å²) < 4.78 is 0. The summed E-state index contributed by atoms with van der Waals surface area (Å²) in [5.74, 6) is 0.0354. The summed E-state index contributed by atoms with van der Waals surface area (Å²) >= 11 is 0. The number of hydrogen-bond donors (Lipinski definition) is 0. The van der Waals surface area contributed by atoms with Gasteiger partial charge in [-0.1, -0.05) is 191 Å². The fraction of sp³-hybridized carbons (Fsp3) is 0.109. The Morgan fingerprint density at radius 2 is 0.821 bits per heavy atom. The van der Waals surface area contributed by atoms with Gasteiger partial charge in [0.2, 0.25) is 0 Å². The maximum absolute atomic E-state index is 13.4. The van der Waals surface area contributed by atoms with Crippen LogP contribution in [0.3, 0.4) is 0 Å². The van der Waals surface area contributed by atoms with Crippen LogP contribution in [-0.4, -0.2) is 5.78 Å². The summed E-state index contributed by atoms with van der Waals surface area (Å²) in [4.78, 5) is 13.4. The van der Waals surface area contributed by atoms with E-state index in [4.69, 9.17) is 0 Å². The Hall–Kier alpha value is -6.57. The van der Waals surface area contributed by atoms with Crippen molar-refractivity contribution in [3.63, 3.8) is 0 Å². The van der Waals surface area contributed by atoms with Gasteiger partial charge in [-0.3, -0.25) is 4.79 Å². The number of rotatable bonds is 4. The van der Waals surface area contributed by atoms with Gasteiger partial charge in [-0.15, -0.1) is 0 Å². The fourth-order valence-electron chi connectivity index (χ4n) is 10.4. The first-order valence-electron chi connectivity index (χ1n) is 19.7. The molecule has 0 spiro atoms. The zero-order valence-electron chi connectivity index (χ0n) is 32.1. The molecule has 1 nitrogen and oxygen atoms in total. The molecule has 1 heteroatoms. The maximum atomic E-state index is 13.4. The van der Waals surface area contributed by atoms with Crippen LogP contribution in [0.25, 0.3) is 76.8 Å². The van der Waals surface area contributed by atoms with Crippen molar-refractivity contribution in [2.75, 3.05) is 0 Å². The van der Waals surface area contributed by atoms with Crippen LogP contribution in [0.1, 0.15) is 65.9 Å². The Bertz CT molecular complexity index is 3050. The van der Waals surface area contributed by atoms with Crippen molar-refractivity contribution >= 4 is 38.1 Å². The third kappa shape index (κ3) is 4.40. The number of carbonyl (C=O) groups is 1. The summed E-state index contributed by atoms with van der Waals surface area (Å²) in [5, 5.41) is 7.50. The van der Waals surface area contributed by atoms with Gasteiger partial charge in [-0.2, -0.15) is 0 Å². The second-order valence-corrected chi connectivity index (χ2v) is 16.7. The SMILES string of the molecule is CC1(C)c2ccccc2-c2c1ccc1c(-c3c4ccccc4c(-c4ccc(C(=O)c5ccccc5)cc4)c4ccccc34)cc3c(c21)-c1ccccc1C3(C)C. The third-order valence-electron chi connectivity index (χ3n) is 13.1. The van der Waals surface area contributed by atoms with Gasteiger partial charge in [-0.25, -0.2) is 0 Å². The molecule has 2 aliphatic rings. The molecule has 0 bridgehead atoms. The molecule has 0 unspecified atom stereocenters. The van der Waals surface area contributed by atoms with Gasteiger partial charge in [0.25, 0.3) is 0 Å². The molecule has 0 saturated carbocycles. The number of ketones is 1. The van der Waals surface area contributed by atoms with Gasteiger partial charge in [0.1, 0.15) is 0 Å². The molecular weight excluding hydrogens is 677 g/mol. The average Bonchev–Trinajstić information content (AvgIpc) is 3.62. The lowest BCUT2D eigenvalue weighted by Gasteiger charge is -2.26. The molecule has 0 saturated heterocycles. The van der Waals surface area contributed by atoms with Gasteiger partial charge < -0.3 is 0 Å².